The molecule has 4 nitrogen and oxygen atoms in total. The zero-order valence-electron chi connectivity index (χ0n) is 13.8. The molecule has 0 N–H and O–H groups in total. The largest absolute Gasteiger partial charge is 0.496 e. The monoisotopic (exact) mass is 339 g/mol. The predicted molar refractivity (Wildman–Crippen MR) is 97.1 cm³/mol. The molecule has 1 saturated carbocycles. The minimum atomic E-state index is 0.656. The van der Waals surface area contributed by atoms with Gasteiger partial charge in [0.1, 0.15) is 5.75 Å². The summed E-state index contributed by atoms with van der Waals surface area (Å²) in [6.07, 6.45) is 4.62. The van der Waals surface area contributed by atoms with Gasteiger partial charge in [-0.15, -0.1) is 0 Å². The SMILES string of the molecule is COc1ccccc1CN(Cn1ccc(-c2ccsc2)n1)C1CC1. The highest BCUT2D eigenvalue weighted by molar-refractivity contribution is 7.08. The number of rotatable bonds is 7. The van der Waals surface area contributed by atoms with Gasteiger partial charge in [-0.3, -0.25) is 9.58 Å². The minimum Gasteiger partial charge on any atom is -0.496 e. The van der Waals surface area contributed by atoms with Gasteiger partial charge in [0.15, 0.2) is 0 Å². The molecule has 0 spiro atoms. The number of thiophene rings is 1. The maximum atomic E-state index is 5.50. The molecule has 0 saturated heterocycles. The Labute approximate surface area is 146 Å². The van der Waals surface area contributed by atoms with Gasteiger partial charge in [0.2, 0.25) is 0 Å². The molecule has 5 heteroatoms. The highest BCUT2D eigenvalue weighted by Gasteiger charge is 2.29. The van der Waals surface area contributed by atoms with Crippen LogP contribution in [0.1, 0.15) is 18.4 Å². The number of nitrogens with zero attached hydrogens (tertiary/aromatic N) is 3. The normalized spacial score (nSPS) is 14.2. The van der Waals surface area contributed by atoms with Crippen molar-refractivity contribution in [3.8, 4) is 17.0 Å². The standard InChI is InChI=1S/C19H21N3OS/c1-23-19-5-3-2-4-15(19)12-21(17-6-7-17)14-22-10-8-18(20-22)16-9-11-24-13-16/h2-5,8-11,13,17H,6-7,12,14H2,1H3. The van der Waals surface area contributed by atoms with E-state index in [1.165, 1.54) is 24.0 Å². The number of ether oxygens (including phenoxy) is 1. The first-order valence-electron chi connectivity index (χ1n) is 8.25. The van der Waals surface area contributed by atoms with Crippen LogP contribution in [0.5, 0.6) is 5.75 Å². The van der Waals surface area contributed by atoms with Crippen molar-refractivity contribution >= 4 is 11.3 Å². The van der Waals surface area contributed by atoms with E-state index in [1.807, 2.05) is 16.8 Å². The van der Waals surface area contributed by atoms with Crippen molar-refractivity contribution in [2.45, 2.75) is 32.1 Å². The Kier molecular flexibility index (Phi) is 4.36. The molecule has 0 radical (unpaired) electrons. The molecule has 24 heavy (non-hydrogen) atoms. The Hall–Kier alpha value is -2.11. The van der Waals surface area contributed by atoms with E-state index >= 15 is 0 Å². The molecule has 0 amide bonds. The Morgan fingerprint density at radius 1 is 1.25 bits per heavy atom. The third-order valence-electron chi connectivity index (χ3n) is 4.41. The number of aromatic nitrogens is 2. The molecule has 1 fully saturated rings. The summed E-state index contributed by atoms with van der Waals surface area (Å²) in [5.41, 5.74) is 3.47. The van der Waals surface area contributed by atoms with Gasteiger partial charge in [0, 0.05) is 35.3 Å². The van der Waals surface area contributed by atoms with Crippen LogP contribution in [0.15, 0.2) is 53.4 Å². The predicted octanol–water partition coefficient (Wildman–Crippen LogP) is 4.24. The van der Waals surface area contributed by atoms with E-state index in [9.17, 15) is 0 Å². The third-order valence-corrected chi connectivity index (χ3v) is 5.10. The molecule has 0 aliphatic heterocycles. The number of para-hydroxylation sites is 1. The average molecular weight is 339 g/mol. The zero-order valence-corrected chi connectivity index (χ0v) is 14.6. The summed E-state index contributed by atoms with van der Waals surface area (Å²) in [5, 5.41) is 8.97. The van der Waals surface area contributed by atoms with E-state index in [2.05, 4.69) is 46.1 Å². The fourth-order valence-electron chi connectivity index (χ4n) is 2.98. The lowest BCUT2D eigenvalue weighted by molar-refractivity contribution is 0.186. The molecule has 4 rings (SSSR count). The molecule has 1 aliphatic carbocycles. The first-order chi connectivity index (χ1) is 11.8. The van der Waals surface area contributed by atoms with Crippen molar-refractivity contribution in [2.24, 2.45) is 0 Å². The molecule has 0 unspecified atom stereocenters. The summed E-state index contributed by atoms with van der Waals surface area (Å²) < 4.78 is 7.54. The summed E-state index contributed by atoms with van der Waals surface area (Å²) >= 11 is 1.70. The number of hydrogen-bond acceptors (Lipinski definition) is 4. The fraction of sp³-hybridized carbons (Fsp3) is 0.316. The van der Waals surface area contributed by atoms with E-state index in [1.54, 1.807) is 18.4 Å². The quantitative estimate of drug-likeness (QED) is 0.645. The van der Waals surface area contributed by atoms with Gasteiger partial charge >= 0.3 is 0 Å². The summed E-state index contributed by atoms with van der Waals surface area (Å²) in [6, 6.07) is 13.1. The van der Waals surface area contributed by atoms with Crippen LogP contribution in [0.4, 0.5) is 0 Å². The van der Waals surface area contributed by atoms with Crippen LogP contribution in [0.3, 0.4) is 0 Å². The Morgan fingerprint density at radius 2 is 2.12 bits per heavy atom. The van der Waals surface area contributed by atoms with Crippen LogP contribution < -0.4 is 4.74 Å². The Balaban J connectivity index is 1.50. The van der Waals surface area contributed by atoms with E-state index in [-0.39, 0.29) is 0 Å². The van der Waals surface area contributed by atoms with Crippen molar-refractivity contribution < 1.29 is 4.74 Å². The first kappa shape index (κ1) is 15.4. The van der Waals surface area contributed by atoms with Crippen molar-refractivity contribution in [1.82, 2.24) is 14.7 Å². The lowest BCUT2D eigenvalue weighted by Gasteiger charge is -2.23. The van der Waals surface area contributed by atoms with Gasteiger partial charge < -0.3 is 4.74 Å². The maximum Gasteiger partial charge on any atom is 0.123 e. The molecule has 1 aliphatic rings. The van der Waals surface area contributed by atoms with Gasteiger partial charge in [-0.2, -0.15) is 16.4 Å². The van der Waals surface area contributed by atoms with Crippen molar-refractivity contribution in [3.05, 3.63) is 58.9 Å². The number of benzene rings is 1. The van der Waals surface area contributed by atoms with Gasteiger partial charge in [-0.05, 0) is 36.4 Å². The van der Waals surface area contributed by atoms with Crippen molar-refractivity contribution in [2.75, 3.05) is 7.11 Å². The lowest BCUT2D eigenvalue weighted by atomic mass is 10.2. The fourth-order valence-corrected chi connectivity index (χ4v) is 3.63. The first-order valence-corrected chi connectivity index (χ1v) is 9.20. The molecular formula is C19H21N3OS. The molecule has 2 aromatic heterocycles. The van der Waals surface area contributed by atoms with Gasteiger partial charge in [0.25, 0.3) is 0 Å². The van der Waals surface area contributed by atoms with Crippen LogP contribution in [-0.2, 0) is 13.2 Å². The van der Waals surface area contributed by atoms with E-state index in [4.69, 9.17) is 9.84 Å². The summed E-state index contributed by atoms with van der Waals surface area (Å²) in [5.74, 6) is 0.961. The molecule has 2 heterocycles. The van der Waals surface area contributed by atoms with E-state index in [0.29, 0.717) is 6.04 Å². The van der Waals surface area contributed by atoms with Crippen molar-refractivity contribution in [3.63, 3.8) is 0 Å². The molecule has 0 bridgehead atoms. The lowest BCUT2D eigenvalue weighted by Crippen LogP contribution is -2.28. The van der Waals surface area contributed by atoms with E-state index in [0.717, 1.165) is 24.7 Å². The second-order valence-corrected chi connectivity index (χ2v) is 6.96. The van der Waals surface area contributed by atoms with Crippen LogP contribution in [0.25, 0.3) is 11.3 Å². The van der Waals surface area contributed by atoms with Crippen LogP contribution >= 0.6 is 11.3 Å². The maximum absolute atomic E-state index is 5.50. The third kappa shape index (κ3) is 3.37. The zero-order chi connectivity index (χ0) is 16.4. The van der Waals surface area contributed by atoms with Crippen LogP contribution in [0.2, 0.25) is 0 Å². The van der Waals surface area contributed by atoms with Crippen LogP contribution in [0, 0.1) is 0 Å². The van der Waals surface area contributed by atoms with Crippen LogP contribution in [-0.4, -0.2) is 27.8 Å². The van der Waals surface area contributed by atoms with Gasteiger partial charge in [0.05, 0.1) is 19.5 Å². The highest BCUT2D eigenvalue weighted by Crippen LogP contribution is 2.31. The molecule has 1 aromatic carbocycles. The topological polar surface area (TPSA) is 30.3 Å². The minimum absolute atomic E-state index is 0.656. The Morgan fingerprint density at radius 3 is 2.88 bits per heavy atom. The molecule has 0 atom stereocenters. The summed E-state index contributed by atoms with van der Waals surface area (Å²) in [4.78, 5) is 2.49. The smallest absolute Gasteiger partial charge is 0.123 e. The second-order valence-electron chi connectivity index (χ2n) is 6.18. The van der Waals surface area contributed by atoms with E-state index < -0.39 is 0 Å². The molecular weight excluding hydrogens is 318 g/mol. The Bertz CT molecular complexity index is 793. The highest BCUT2D eigenvalue weighted by atomic mass is 32.1. The second kappa shape index (κ2) is 6.79. The van der Waals surface area contributed by atoms with Gasteiger partial charge in [-0.25, -0.2) is 0 Å². The molecule has 124 valence electrons. The van der Waals surface area contributed by atoms with Crippen molar-refractivity contribution in [1.29, 1.82) is 0 Å². The number of hydrogen-bond donors (Lipinski definition) is 0. The summed E-state index contributed by atoms with van der Waals surface area (Å²) in [6.45, 7) is 1.70. The molecule has 3 aromatic rings. The van der Waals surface area contributed by atoms with Gasteiger partial charge in [-0.1, -0.05) is 18.2 Å². The number of methoxy groups -OCH3 is 1. The summed E-state index contributed by atoms with van der Waals surface area (Å²) in [7, 11) is 1.74. The average Bonchev–Trinajstić information content (AvgIpc) is 3.11.